The fraction of sp³-hybridized carbons (Fsp3) is 0.571. The van der Waals surface area contributed by atoms with E-state index < -0.39 is 0 Å². The van der Waals surface area contributed by atoms with Gasteiger partial charge in [0.15, 0.2) is 11.5 Å². The molecule has 110 valence electrons. The molecular formula is C14H23Cl2NO2. The van der Waals surface area contributed by atoms with E-state index in [-0.39, 0.29) is 12.4 Å². The molecule has 0 saturated heterocycles. The van der Waals surface area contributed by atoms with E-state index in [0.29, 0.717) is 24.0 Å². The monoisotopic (exact) mass is 307 g/mol. The molecule has 0 fully saturated rings. The maximum absolute atomic E-state index is 6.23. The lowest BCUT2D eigenvalue weighted by Crippen LogP contribution is -2.14. The van der Waals surface area contributed by atoms with Gasteiger partial charge in [-0.15, -0.1) is 12.4 Å². The third-order valence-corrected chi connectivity index (χ3v) is 2.69. The first kappa shape index (κ1) is 18.4. The SMILES string of the molecule is CCCNCc1cc(Cl)c(OCC)c(OCC)c1.Cl. The lowest BCUT2D eigenvalue weighted by molar-refractivity contribution is 0.287. The van der Waals surface area contributed by atoms with Gasteiger partial charge in [-0.05, 0) is 44.5 Å². The molecule has 5 heteroatoms. The molecule has 1 N–H and O–H groups in total. The van der Waals surface area contributed by atoms with Crippen LogP contribution in [-0.2, 0) is 6.54 Å². The van der Waals surface area contributed by atoms with Crippen LogP contribution >= 0.6 is 24.0 Å². The molecular weight excluding hydrogens is 285 g/mol. The fourth-order valence-electron chi connectivity index (χ4n) is 1.68. The molecule has 0 aliphatic carbocycles. The van der Waals surface area contributed by atoms with E-state index in [1.807, 2.05) is 26.0 Å². The van der Waals surface area contributed by atoms with Crippen LogP contribution in [-0.4, -0.2) is 19.8 Å². The molecule has 1 aromatic rings. The van der Waals surface area contributed by atoms with E-state index in [9.17, 15) is 0 Å². The molecule has 0 aromatic heterocycles. The molecule has 0 unspecified atom stereocenters. The summed E-state index contributed by atoms with van der Waals surface area (Å²) in [6.45, 7) is 8.99. The van der Waals surface area contributed by atoms with Gasteiger partial charge in [0.2, 0.25) is 0 Å². The third kappa shape index (κ3) is 5.89. The molecule has 0 spiro atoms. The number of ether oxygens (including phenoxy) is 2. The van der Waals surface area contributed by atoms with Gasteiger partial charge < -0.3 is 14.8 Å². The molecule has 0 bridgehead atoms. The summed E-state index contributed by atoms with van der Waals surface area (Å²) in [4.78, 5) is 0. The molecule has 0 heterocycles. The Hall–Kier alpha value is -0.640. The molecule has 0 aliphatic rings. The Morgan fingerprint density at radius 3 is 2.37 bits per heavy atom. The van der Waals surface area contributed by atoms with Crippen molar-refractivity contribution in [2.45, 2.75) is 33.7 Å². The average molecular weight is 308 g/mol. The normalized spacial score (nSPS) is 9.89. The van der Waals surface area contributed by atoms with Crippen molar-refractivity contribution in [3.05, 3.63) is 22.7 Å². The summed E-state index contributed by atoms with van der Waals surface area (Å²) in [6.07, 6.45) is 1.11. The topological polar surface area (TPSA) is 30.5 Å². The van der Waals surface area contributed by atoms with Gasteiger partial charge in [-0.2, -0.15) is 0 Å². The quantitative estimate of drug-likeness (QED) is 0.735. The van der Waals surface area contributed by atoms with E-state index in [4.69, 9.17) is 21.1 Å². The summed E-state index contributed by atoms with van der Waals surface area (Å²) in [5.74, 6) is 1.36. The Balaban J connectivity index is 0.00000324. The molecule has 1 aromatic carbocycles. The Bertz CT molecular complexity index is 373. The first-order chi connectivity index (χ1) is 8.72. The largest absolute Gasteiger partial charge is 0.490 e. The highest BCUT2D eigenvalue weighted by atomic mass is 35.5. The lowest BCUT2D eigenvalue weighted by atomic mass is 10.2. The highest BCUT2D eigenvalue weighted by molar-refractivity contribution is 6.32. The molecule has 0 radical (unpaired) electrons. The third-order valence-electron chi connectivity index (χ3n) is 2.41. The number of hydrogen-bond acceptors (Lipinski definition) is 3. The minimum atomic E-state index is 0. The minimum Gasteiger partial charge on any atom is -0.490 e. The number of benzene rings is 1. The van der Waals surface area contributed by atoms with Gasteiger partial charge in [-0.3, -0.25) is 0 Å². The van der Waals surface area contributed by atoms with Crippen molar-refractivity contribution in [1.82, 2.24) is 5.32 Å². The van der Waals surface area contributed by atoms with Crippen LogP contribution in [0.3, 0.4) is 0 Å². The Morgan fingerprint density at radius 2 is 1.79 bits per heavy atom. The van der Waals surface area contributed by atoms with Gasteiger partial charge in [-0.1, -0.05) is 18.5 Å². The summed E-state index contributed by atoms with van der Waals surface area (Å²) in [7, 11) is 0. The second-order valence-electron chi connectivity index (χ2n) is 3.95. The first-order valence-corrected chi connectivity index (χ1v) is 6.89. The van der Waals surface area contributed by atoms with Crippen molar-refractivity contribution >= 4 is 24.0 Å². The van der Waals surface area contributed by atoms with Crippen molar-refractivity contribution in [3.8, 4) is 11.5 Å². The zero-order valence-electron chi connectivity index (χ0n) is 11.8. The molecule has 1 rings (SSSR count). The van der Waals surface area contributed by atoms with Gasteiger partial charge in [0, 0.05) is 6.54 Å². The van der Waals surface area contributed by atoms with Crippen LogP contribution in [0.15, 0.2) is 12.1 Å². The van der Waals surface area contributed by atoms with E-state index in [2.05, 4.69) is 12.2 Å². The van der Waals surface area contributed by atoms with Crippen molar-refractivity contribution in [2.75, 3.05) is 19.8 Å². The summed E-state index contributed by atoms with van der Waals surface area (Å²) in [6, 6.07) is 3.92. The molecule has 0 aliphatic heterocycles. The molecule has 0 atom stereocenters. The van der Waals surface area contributed by atoms with Crippen LogP contribution in [0, 0.1) is 0 Å². The van der Waals surface area contributed by atoms with Crippen LogP contribution < -0.4 is 14.8 Å². The summed E-state index contributed by atoms with van der Waals surface area (Å²) in [5, 5.41) is 3.95. The maximum atomic E-state index is 6.23. The van der Waals surface area contributed by atoms with Crippen LogP contribution in [0.5, 0.6) is 11.5 Å². The second kappa shape index (κ2) is 10.2. The minimum absolute atomic E-state index is 0. The standard InChI is InChI=1S/C14H22ClNO2.ClH/c1-4-7-16-10-11-8-12(15)14(18-6-3)13(9-11)17-5-2;/h8-9,16H,4-7,10H2,1-3H3;1H. The van der Waals surface area contributed by atoms with Crippen molar-refractivity contribution < 1.29 is 9.47 Å². The highest BCUT2D eigenvalue weighted by Gasteiger charge is 2.11. The van der Waals surface area contributed by atoms with Gasteiger partial charge in [0.05, 0.1) is 18.2 Å². The van der Waals surface area contributed by atoms with Gasteiger partial charge in [-0.25, -0.2) is 0 Å². The van der Waals surface area contributed by atoms with E-state index in [1.165, 1.54) is 0 Å². The van der Waals surface area contributed by atoms with Crippen LogP contribution in [0.4, 0.5) is 0 Å². The number of rotatable bonds is 8. The van der Waals surface area contributed by atoms with Crippen LogP contribution in [0.1, 0.15) is 32.8 Å². The lowest BCUT2D eigenvalue weighted by Gasteiger charge is -2.14. The van der Waals surface area contributed by atoms with Crippen LogP contribution in [0.25, 0.3) is 0 Å². The summed E-state index contributed by atoms with van der Waals surface area (Å²) < 4.78 is 11.1. The second-order valence-corrected chi connectivity index (χ2v) is 4.35. The van der Waals surface area contributed by atoms with Gasteiger partial charge in [0.25, 0.3) is 0 Å². The fourth-order valence-corrected chi connectivity index (χ4v) is 1.97. The van der Waals surface area contributed by atoms with E-state index in [0.717, 1.165) is 30.8 Å². The zero-order valence-corrected chi connectivity index (χ0v) is 13.4. The number of halogens is 2. The summed E-state index contributed by atoms with van der Waals surface area (Å²) >= 11 is 6.23. The average Bonchev–Trinajstić information content (AvgIpc) is 2.34. The molecule has 0 saturated carbocycles. The summed E-state index contributed by atoms with van der Waals surface area (Å²) in [5.41, 5.74) is 1.11. The predicted molar refractivity (Wildman–Crippen MR) is 83.0 cm³/mol. The van der Waals surface area contributed by atoms with Crippen LogP contribution in [0.2, 0.25) is 5.02 Å². The number of nitrogens with one attached hydrogen (secondary N) is 1. The number of hydrogen-bond donors (Lipinski definition) is 1. The van der Waals surface area contributed by atoms with Gasteiger partial charge >= 0.3 is 0 Å². The maximum Gasteiger partial charge on any atom is 0.179 e. The van der Waals surface area contributed by atoms with E-state index >= 15 is 0 Å². The Kier molecular flexibility index (Phi) is 9.84. The first-order valence-electron chi connectivity index (χ1n) is 6.51. The molecule has 19 heavy (non-hydrogen) atoms. The van der Waals surface area contributed by atoms with E-state index in [1.54, 1.807) is 0 Å². The van der Waals surface area contributed by atoms with Crippen molar-refractivity contribution in [3.63, 3.8) is 0 Å². The van der Waals surface area contributed by atoms with Crippen molar-refractivity contribution in [2.24, 2.45) is 0 Å². The Labute approximate surface area is 127 Å². The predicted octanol–water partition coefficient (Wildman–Crippen LogP) is 4.06. The molecule has 0 amide bonds. The van der Waals surface area contributed by atoms with Gasteiger partial charge in [0.1, 0.15) is 0 Å². The van der Waals surface area contributed by atoms with Crippen molar-refractivity contribution in [1.29, 1.82) is 0 Å². The Morgan fingerprint density at radius 1 is 1.11 bits per heavy atom. The molecule has 3 nitrogen and oxygen atoms in total. The smallest absolute Gasteiger partial charge is 0.179 e. The highest BCUT2D eigenvalue weighted by Crippen LogP contribution is 2.36. The zero-order chi connectivity index (χ0) is 13.4.